The molecule has 2 atom stereocenters. The molecule has 114 valence electrons. The third-order valence-corrected chi connectivity index (χ3v) is 4.62. The molecule has 2 saturated heterocycles. The summed E-state index contributed by atoms with van der Waals surface area (Å²) in [6.07, 6.45) is 4.74. The first-order chi connectivity index (χ1) is 10.2. The molecular weight excluding hydrogens is 262 g/mol. The van der Waals surface area contributed by atoms with Gasteiger partial charge in [0.15, 0.2) is 0 Å². The Kier molecular flexibility index (Phi) is 4.56. The van der Waals surface area contributed by atoms with Crippen molar-refractivity contribution >= 4 is 11.6 Å². The predicted octanol–water partition coefficient (Wildman–Crippen LogP) is 2.01. The van der Waals surface area contributed by atoms with Crippen molar-refractivity contribution in [1.29, 1.82) is 0 Å². The van der Waals surface area contributed by atoms with Crippen molar-refractivity contribution in [3.8, 4) is 0 Å². The molecule has 0 aromatic heterocycles. The van der Waals surface area contributed by atoms with E-state index in [1.807, 2.05) is 12.1 Å². The van der Waals surface area contributed by atoms with Crippen LogP contribution in [0, 0.1) is 0 Å². The Hall–Kier alpha value is -1.39. The van der Waals surface area contributed by atoms with Crippen molar-refractivity contribution < 1.29 is 4.79 Å². The Morgan fingerprint density at radius 3 is 2.76 bits per heavy atom. The van der Waals surface area contributed by atoms with E-state index in [-0.39, 0.29) is 5.91 Å². The highest BCUT2D eigenvalue weighted by molar-refractivity contribution is 5.92. The molecule has 21 heavy (non-hydrogen) atoms. The highest BCUT2D eigenvalue weighted by Crippen LogP contribution is 2.20. The van der Waals surface area contributed by atoms with E-state index in [0.29, 0.717) is 18.6 Å². The predicted molar refractivity (Wildman–Crippen MR) is 85.5 cm³/mol. The third-order valence-electron chi connectivity index (χ3n) is 4.62. The summed E-state index contributed by atoms with van der Waals surface area (Å²) in [5, 5.41) is 6.65. The molecule has 1 aromatic carbocycles. The summed E-state index contributed by atoms with van der Waals surface area (Å²) in [7, 11) is 0. The third kappa shape index (κ3) is 3.83. The van der Waals surface area contributed by atoms with Gasteiger partial charge in [0, 0.05) is 30.9 Å². The van der Waals surface area contributed by atoms with Gasteiger partial charge >= 0.3 is 0 Å². The number of nitrogens with one attached hydrogen (secondary N) is 2. The maximum Gasteiger partial charge on any atom is 0.238 e. The minimum atomic E-state index is 0.0945. The molecule has 0 spiro atoms. The highest BCUT2D eigenvalue weighted by Gasteiger charge is 2.29. The van der Waals surface area contributed by atoms with Crippen molar-refractivity contribution in [3.63, 3.8) is 0 Å². The molecule has 0 aliphatic carbocycles. The van der Waals surface area contributed by atoms with E-state index in [4.69, 9.17) is 0 Å². The number of benzene rings is 1. The number of carbonyl (C=O) groups excluding carboxylic acids is 1. The Morgan fingerprint density at radius 1 is 1.24 bits per heavy atom. The maximum atomic E-state index is 12.2. The van der Waals surface area contributed by atoms with E-state index in [0.717, 1.165) is 31.6 Å². The minimum absolute atomic E-state index is 0.0945. The average molecular weight is 287 g/mol. The second kappa shape index (κ2) is 6.58. The minimum Gasteiger partial charge on any atom is -0.325 e. The largest absolute Gasteiger partial charge is 0.325 e. The number of carbonyl (C=O) groups is 1. The summed E-state index contributed by atoms with van der Waals surface area (Å²) in [5.74, 6) is 0.0945. The summed E-state index contributed by atoms with van der Waals surface area (Å²) in [6.45, 7) is 4.66. The lowest BCUT2D eigenvalue weighted by molar-refractivity contribution is -0.117. The molecule has 1 aromatic rings. The van der Waals surface area contributed by atoms with Gasteiger partial charge in [-0.05, 0) is 43.4 Å². The molecule has 2 aliphatic heterocycles. The fourth-order valence-electron chi connectivity index (χ4n) is 3.39. The second-order valence-electron chi connectivity index (χ2n) is 6.26. The van der Waals surface area contributed by atoms with Gasteiger partial charge in [-0.3, -0.25) is 9.69 Å². The first-order valence-corrected chi connectivity index (χ1v) is 8.10. The summed E-state index contributed by atoms with van der Waals surface area (Å²) >= 11 is 0. The zero-order valence-corrected chi connectivity index (χ0v) is 12.8. The molecule has 4 heteroatoms. The highest BCUT2D eigenvalue weighted by atomic mass is 16.2. The van der Waals surface area contributed by atoms with Crippen LogP contribution in [0.4, 0.5) is 5.69 Å². The van der Waals surface area contributed by atoms with Crippen molar-refractivity contribution in [2.45, 2.75) is 44.7 Å². The Labute approximate surface area is 126 Å². The standard InChI is InChI=1S/C17H25N3O/c1-2-13-3-5-14(6-4-13)19-17(21)12-20-10-9-15-7-8-16(11-20)18-15/h3-6,15-16,18H,2,7-12H2,1H3,(H,19,21). The average Bonchev–Trinajstić information content (AvgIpc) is 2.82. The van der Waals surface area contributed by atoms with Gasteiger partial charge in [0.2, 0.25) is 5.91 Å². The molecule has 4 nitrogen and oxygen atoms in total. The molecule has 0 saturated carbocycles. The van der Waals surface area contributed by atoms with Crippen LogP contribution >= 0.6 is 0 Å². The lowest BCUT2D eigenvalue weighted by atomic mass is 10.1. The van der Waals surface area contributed by atoms with Crippen molar-refractivity contribution in [2.75, 3.05) is 25.0 Å². The Morgan fingerprint density at radius 2 is 2.00 bits per heavy atom. The van der Waals surface area contributed by atoms with Crippen LogP contribution in [0.2, 0.25) is 0 Å². The molecule has 2 fully saturated rings. The van der Waals surface area contributed by atoms with Crippen LogP contribution in [0.15, 0.2) is 24.3 Å². The lowest BCUT2D eigenvalue weighted by Gasteiger charge is -2.23. The molecule has 2 heterocycles. The molecular formula is C17H25N3O. The summed E-state index contributed by atoms with van der Waals surface area (Å²) < 4.78 is 0. The summed E-state index contributed by atoms with van der Waals surface area (Å²) in [6, 6.07) is 9.37. The van der Waals surface area contributed by atoms with E-state index in [1.54, 1.807) is 0 Å². The van der Waals surface area contributed by atoms with Crippen LogP contribution in [-0.4, -0.2) is 42.5 Å². The van der Waals surface area contributed by atoms with Gasteiger partial charge in [-0.1, -0.05) is 19.1 Å². The van der Waals surface area contributed by atoms with E-state index in [2.05, 4.69) is 34.6 Å². The number of likely N-dealkylation sites (tertiary alicyclic amines) is 1. The van der Waals surface area contributed by atoms with E-state index in [1.165, 1.54) is 18.4 Å². The van der Waals surface area contributed by atoms with Gasteiger partial charge in [0.25, 0.3) is 0 Å². The molecule has 3 rings (SSSR count). The number of aryl methyl sites for hydroxylation is 1. The van der Waals surface area contributed by atoms with Crippen LogP contribution < -0.4 is 10.6 Å². The smallest absolute Gasteiger partial charge is 0.238 e. The fourth-order valence-corrected chi connectivity index (χ4v) is 3.39. The van der Waals surface area contributed by atoms with E-state index in [9.17, 15) is 4.79 Å². The molecule has 2 bridgehead atoms. The van der Waals surface area contributed by atoms with Gasteiger partial charge in [0.05, 0.1) is 6.54 Å². The quantitative estimate of drug-likeness (QED) is 0.890. The van der Waals surface area contributed by atoms with Crippen LogP contribution in [-0.2, 0) is 11.2 Å². The Bertz CT molecular complexity index is 485. The van der Waals surface area contributed by atoms with Crippen LogP contribution in [0.1, 0.15) is 31.7 Å². The van der Waals surface area contributed by atoms with E-state index >= 15 is 0 Å². The van der Waals surface area contributed by atoms with E-state index < -0.39 is 0 Å². The molecule has 0 radical (unpaired) electrons. The van der Waals surface area contributed by atoms with Crippen molar-refractivity contribution in [3.05, 3.63) is 29.8 Å². The number of anilines is 1. The first-order valence-electron chi connectivity index (χ1n) is 8.10. The number of nitrogens with zero attached hydrogens (tertiary/aromatic N) is 1. The van der Waals surface area contributed by atoms with Crippen molar-refractivity contribution in [2.24, 2.45) is 0 Å². The number of rotatable bonds is 4. The normalized spacial score (nSPS) is 25.6. The lowest BCUT2D eigenvalue weighted by Crippen LogP contribution is -2.39. The molecule has 2 unspecified atom stereocenters. The number of amides is 1. The molecule has 1 amide bonds. The zero-order valence-electron chi connectivity index (χ0n) is 12.8. The van der Waals surface area contributed by atoms with Crippen molar-refractivity contribution in [1.82, 2.24) is 10.2 Å². The fraction of sp³-hybridized carbons (Fsp3) is 0.588. The zero-order chi connectivity index (χ0) is 14.7. The topological polar surface area (TPSA) is 44.4 Å². The van der Waals surface area contributed by atoms with Gasteiger partial charge in [-0.25, -0.2) is 0 Å². The maximum absolute atomic E-state index is 12.2. The van der Waals surface area contributed by atoms with Gasteiger partial charge in [0.1, 0.15) is 0 Å². The Balaban J connectivity index is 1.51. The molecule has 2 N–H and O–H groups in total. The van der Waals surface area contributed by atoms with Gasteiger partial charge in [-0.15, -0.1) is 0 Å². The van der Waals surface area contributed by atoms with Crippen LogP contribution in [0.3, 0.4) is 0 Å². The number of hydrogen-bond donors (Lipinski definition) is 2. The first kappa shape index (κ1) is 14.5. The summed E-state index contributed by atoms with van der Waals surface area (Å²) in [5.41, 5.74) is 2.19. The molecule has 2 aliphatic rings. The van der Waals surface area contributed by atoms with Gasteiger partial charge < -0.3 is 10.6 Å². The van der Waals surface area contributed by atoms with Crippen LogP contribution in [0.25, 0.3) is 0 Å². The SMILES string of the molecule is CCc1ccc(NC(=O)CN2CCC3CCC(C2)N3)cc1. The van der Waals surface area contributed by atoms with Gasteiger partial charge in [-0.2, -0.15) is 0 Å². The monoisotopic (exact) mass is 287 g/mol. The number of hydrogen-bond acceptors (Lipinski definition) is 3. The second-order valence-corrected chi connectivity index (χ2v) is 6.26. The number of fused-ring (bicyclic) bond motifs is 2. The van der Waals surface area contributed by atoms with Crippen LogP contribution in [0.5, 0.6) is 0 Å². The summed E-state index contributed by atoms with van der Waals surface area (Å²) in [4.78, 5) is 14.5.